The van der Waals surface area contributed by atoms with Crippen LogP contribution in [0.15, 0.2) is 83.3 Å². The van der Waals surface area contributed by atoms with Gasteiger partial charge in [-0.25, -0.2) is 0 Å². The molecule has 0 radical (unpaired) electrons. The van der Waals surface area contributed by atoms with Gasteiger partial charge in [0.25, 0.3) is 0 Å². The second-order valence-electron chi connectivity index (χ2n) is 7.86. The first-order chi connectivity index (χ1) is 14.1. The molecular weight excluding hydrogens is 426 g/mol. The molecule has 0 bridgehead atoms. The standard InChI is InChI=1S/C25H20BrNO2/c26-21-12-7-13-22-23(21)25(24(29)27-22)19(16-8-3-1-4-9-16)14-18(28)15-20(25)17-10-5-2-6-11-17/h1-13,19-20H,14-15H2,(H,27,29)/t19-,20-/m0/s1. The zero-order valence-corrected chi connectivity index (χ0v) is 17.4. The number of rotatable bonds is 2. The fourth-order valence-corrected chi connectivity index (χ4v) is 5.98. The van der Waals surface area contributed by atoms with Crippen LogP contribution in [0.4, 0.5) is 5.69 Å². The molecule has 2 aliphatic rings. The van der Waals surface area contributed by atoms with Gasteiger partial charge in [-0.3, -0.25) is 9.59 Å². The van der Waals surface area contributed by atoms with Gasteiger partial charge in [0.1, 0.15) is 5.78 Å². The van der Waals surface area contributed by atoms with Crippen LogP contribution in [0, 0.1) is 0 Å². The van der Waals surface area contributed by atoms with Gasteiger partial charge in [0.2, 0.25) is 5.91 Å². The summed E-state index contributed by atoms with van der Waals surface area (Å²) in [7, 11) is 0. The summed E-state index contributed by atoms with van der Waals surface area (Å²) >= 11 is 3.72. The van der Waals surface area contributed by atoms with Crippen molar-refractivity contribution in [3.05, 3.63) is 100 Å². The summed E-state index contributed by atoms with van der Waals surface area (Å²) in [5.41, 5.74) is 3.02. The number of nitrogens with one attached hydrogen (secondary N) is 1. The lowest BCUT2D eigenvalue weighted by atomic mass is 9.54. The highest BCUT2D eigenvalue weighted by atomic mass is 79.9. The maximum atomic E-state index is 13.8. The van der Waals surface area contributed by atoms with Crippen LogP contribution >= 0.6 is 15.9 Å². The largest absolute Gasteiger partial charge is 0.325 e. The van der Waals surface area contributed by atoms with Crippen molar-refractivity contribution >= 4 is 33.3 Å². The fraction of sp³-hybridized carbons (Fsp3) is 0.200. The highest BCUT2D eigenvalue weighted by molar-refractivity contribution is 9.10. The normalized spacial score (nSPS) is 22.4. The number of Topliss-reactive ketones (excluding diaryl/α,β-unsaturated/α-hetero) is 1. The van der Waals surface area contributed by atoms with Gasteiger partial charge in [-0.2, -0.15) is 0 Å². The molecule has 5 rings (SSSR count). The van der Waals surface area contributed by atoms with Crippen molar-refractivity contribution in [3.8, 4) is 0 Å². The van der Waals surface area contributed by atoms with Crippen LogP contribution in [0.5, 0.6) is 0 Å². The number of carbonyl (C=O) groups is 2. The Labute approximate surface area is 178 Å². The molecule has 1 amide bonds. The summed E-state index contributed by atoms with van der Waals surface area (Å²) < 4.78 is 0.907. The Hall–Kier alpha value is -2.72. The van der Waals surface area contributed by atoms with Crippen LogP contribution in [0.25, 0.3) is 0 Å². The average molecular weight is 446 g/mol. The van der Waals surface area contributed by atoms with E-state index in [0.29, 0.717) is 12.8 Å². The molecule has 1 fully saturated rings. The molecule has 1 aliphatic heterocycles. The molecule has 3 nitrogen and oxygen atoms in total. The first-order valence-corrected chi connectivity index (χ1v) is 10.6. The van der Waals surface area contributed by atoms with E-state index in [2.05, 4.69) is 21.2 Å². The van der Waals surface area contributed by atoms with Gasteiger partial charge in [-0.15, -0.1) is 0 Å². The predicted octanol–water partition coefficient (Wildman–Crippen LogP) is 5.57. The quantitative estimate of drug-likeness (QED) is 0.560. The number of fused-ring (bicyclic) bond motifs is 2. The Bertz CT molecular complexity index is 1040. The van der Waals surface area contributed by atoms with Gasteiger partial charge >= 0.3 is 0 Å². The summed E-state index contributed by atoms with van der Waals surface area (Å²) in [5.74, 6) is -0.272. The fourth-order valence-electron chi connectivity index (χ4n) is 5.29. The Morgan fingerprint density at radius 1 is 0.759 bits per heavy atom. The lowest BCUT2D eigenvalue weighted by Crippen LogP contribution is -2.50. The SMILES string of the molecule is O=C1C[C@@H](c2ccccc2)C2(C(=O)Nc3cccc(Br)c32)[C@H](c2ccccc2)C1. The van der Waals surface area contributed by atoms with Gasteiger partial charge in [0.05, 0.1) is 5.41 Å². The van der Waals surface area contributed by atoms with E-state index < -0.39 is 5.41 Å². The van der Waals surface area contributed by atoms with Gasteiger partial charge in [-0.05, 0) is 23.3 Å². The van der Waals surface area contributed by atoms with E-state index in [4.69, 9.17) is 0 Å². The van der Waals surface area contributed by atoms with E-state index >= 15 is 0 Å². The molecule has 0 saturated heterocycles. The Balaban J connectivity index is 1.83. The Morgan fingerprint density at radius 2 is 1.31 bits per heavy atom. The second-order valence-corrected chi connectivity index (χ2v) is 8.71. The predicted molar refractivity (Wildman–Crippen MR) is 117 cm³/mol. The summed E-state index contributed by atoms with van der Waals surface area (Å²) in [6.45, 7) is 0. The van der Waals surface area contributed by atoms with Crippen LogP contribution in [0.1, 0.15) is 41.4 Å². The lowest BCUT2D eigenvalue weighted by molar-refractivity contribution is -0.128. The minimum atomic E-state index is -0.841. The lowest BCUT2D eigenvalue weighted by Gasteiger charge is -2.46. The molecule has 0 unspecified atom stereocenters. The number of benzene rings is 3. The third kappa shape index (κ3) is 2.70. The highest BCUT2D eigenvalue weighted by Crippen LogP contribution is 2.61. The minimum Gasteiger partial charge on any atom is -0.325 e. The van der Waals surface area contributed by atoms with Crippen LogP contribution < -0.4 is 5.32 Å². The molecular formula is C25H20BrNO2. The summed E-state index contributed by atoms with van der Waals surface area (Å²) in [4.78, 5) is 26.7. The number of halogens is 1. The van der Waals surface area contributed by atoms with Crippen LogP contribution in [0.2, 0.25) is 0 Å². The molecule has 1 heterocycles. The van der Waals surface area contributed by atoms with E-state index in [1.165, 1.54) is 0 Å². The topological polar surface area (TPSA) is 46.2 Å². The first-order valence-electron chi connectivity index (χ1n) is 9.84. The van der Waals surface area contributed by atoms with Crippen molar-refractivity contribution in [2.75, 3.05) is 5.32 Å². The molecule has 4 heteroatoms. The number of hydrogen-bond donors (Lipinski definition) is 1. The van der Waals surface area contributed by atoms with E-state index in [9.17, 15) is 9.59 Å². The average Bonchev–Trinajstić information content (AvgIpc) is 3.04. The third-order valence-electron chi connectivity index (χ3n) is 6.42. The van der Waals surface area contributed by atoms with Crippen molar-refractivity contribution in [2.24, 2.45) is 0 Å². The molecule has 144 valence electrons. The maximum Gasteiger partial charge on any atom is 0.236 e. The molecule has 3 aromatic rings. The molecule has 1 spiro atoms. The van der Waals surface area contributed by atoms with Crippen molar-refractivity contribution in [3.63, 3.8) is 0 Å². The molecule has 0 aromatic heterocycles. The number of amides is 1. The summed E-state index contributed by atoms with van der Waals surface area (Å²) in [6.07, 6.45) is 0.725. The van der Waals surface area contributed by atoms with Crippen molar-refractivity contribution < 1.29 is 9.59 Å². The third-order valence-corrected chi connectivity index (χ3v) is 7.08. The number of carbonyl (C=O) groups excluding carboxylic acids is 2. The molecule has 1 saturated carbocycles. The van der Waals surface area contributed by atoms with Crippen molar-refractivity contribution in [2.45, 2.75) is 30.1 Å². The molecule has 29 heavy (non-hydrogen) atoms. The molecule has 2 atom stereocenters. The van der Waals surface area contributed by atoms with Gasteiger partial charge in [0.15, 0.2) is 0 Å². The van der Waals surface area contributed by atoms with Crippen molar-refractivity contribution in [1.82, 2.24) is 0 Å². The van der Waals surface area contributed by atoms with Crippen LogP contribution in [-0.2, 0) is 15.0 Å². The smallest absolute Gasteiger partial charge is 0.236 e. The van der Waals surface area contributed by atoms with Gasteiger partial charge in [-0.1, -0.05) is 82.7 Å². The monoisotopic (exact) mass is 445 g/mol. The Kier molecular flexibility index (Phi) is 4.39. The zero-order chi connectivity index (χ0) is 20.0. The Morgan fingerprint density at radius 3 is 1.86 bits per heavy atom. The molecule has 1 N–H and O–H groups in total. The number of hydrogen-bond acceptors (Lipinski definition) is 2. The molecule has 1 aliphatic carbocycles. The van der Waals surface area contributed by atoms with E-state index in [1.807, 2.05) is 78.9 Å². The van der Waals surface area contributed by atoms with E-state index in [1.54, 1.807) is 0 Å². The van der Waals surface area contributed by atoms with Crippen LogP contribution in [0.3, 0.4) is 0 Å². The molecule has 3 aromatic carbocycles. The van der Waals surface area contributed by atoms with Gasteiger partial charge in [0, 0.05) is 40.4 Å². The maximum absolute atomic E-state index is 13.8. The first kappa shape index (κ1) is 18.3. The minimum absolute atomic E-state index is 0.0189. The second kappa shape index (κ2) is 6.96. The van der Waals surface area contributed by atoms with Gasteiger partial charge < -0.3 is 5.32 Å². The summed E-state index contributed by atoms with van der Waals surface area (Å²) in [5, 5.41) is 3.13. The van der Waals surface area contributed by atoms with Crippen LogP contribution in [-0.4, -0.2) is 11.7 Å². The number of ketones is 1. The zero-order valence-electron chi connectivity index (χ0n) is 15.8. The number of anilines is 1. The summed E-state index contributed by atoms with van der Waals surface area (Å²) in [6, 6.07) is 25.9. The van der Waals surface area contributed by atoms with E-state index in [0.717, 1.165) is 26.9 Å². The highest BCUT2D eigenvalue weighted by Gasteiger charge is 2.61. The van der Waals surface area contributed by atoms with Crippen molar-refractivity contribution in [1.29, 1.82) is 0 Å². The van der Waals surface area contributed by atoms with E-state index in [-0.39, 0.29) is 23.5 Å².